The Kier molecular flexibility index (Phi) is 9.01. The van der Waals surface area contributed by atoms with Crippen molar-refractivity contribution in [2.24, 2.45) is 0 Å². The summed E-state index contributed by atoms with van der Waals surface area (Å²) in [7, 11) is 0. The van der Waals surface area contributed by atoms with Crippen molar-refractivity contribution >= 4 is 66.7 Å². The van der Waals surface area contributed by atoms with Crippen molar-refractivity contribution in [3.8, 4) is 34.5 Å². The molecule has 4 amide bonds. The third-order valence-electron chi connectivity index (χ3n) is 10.2. The van der Waals surface area contributed by atoms with Gasteiger partial charge in [-0.15, -0.1) is 0 Å². The highest BCUT2D eigenvalue weighted by Gasteiger charge is 2.37. The third-order valence-corrected chi connectivity index (χ3v) is 10.2. The van der Waals surface area contributed by atoms with Crippen molar-refractivity contribution < 1.29 is 38.1 Å². The molecule has 10 heteroatoms. The lowest BCUT2D eigenvalue weighted by molar-refractivity contribution is 0.0828. The summed E-state index contributed by atoms with van der Waals surface area (Å²) in [6.07, 6.45) is 12.2. The number of nitrogens with one attached hydrogen (secondary N) is 2. The van der Waals surface area contributed by atoms with Gasteiger partial charge >= 0.3 is 0 Å². The van der Waals surface area contributed by atoms with Gasteiger partial charge in [-0.05, 0) is 93.6 Å². The van der Waals surface area contributed by atoms with Crippen molar-refractivity contribution in [1.82, 2.24) is 10.6 Å². The van der Waals surface area contributed by atoms with Crippen LogP contribution in [0.25, 0.3) is 43.1 Å². The monoisotopic (exact) mass is 778 g/mol. The summed E-state index contributed by atoms with van der Waals surface area (Å²) in [5.41, 5.74) is 0.745. The Bertz CT molecular complexity index is 3100. The van der Waals surface area contributed by atoms with E-state index in [0.29, 0.717) is 66.1 Å². The maximum absolute atomic E-state index is 13.9. The molecule has 0 fully saturated rings. The van der Waals surface area contributed by atoms with Crippen LogP contribution in [0.15, 0.2) is 146 Å². The van der Waals surface area contributed by atoms with E-state index in [1.54, 1.807) is 85.0 Å². The van der Waals surface area contributed by atoms with Crippen LogP contribution in [0.1, 0.15) is 62.2 Å². The number of rotatable bonds is 11. The smallest absolute Gasteiger partial charge is 0.258 e. The lowest BCUT2D eigenvalue weighted by atomic mass is 9.81. The Labute approximate surface area is 337 Å². The summed E-state index contributed by atoms with van der Waals surface area (Å²) >= 11 is 0. The molecule has 0 spiro atoms. The number of ether oxygens (including phenoxy) is 4. The van der Waals surface area contributed by atoms with E-state index in [4.69, 9.17) is 18.9 Å². The van der Waals surface area contributed by atoms with E-state index in [1.807, 2.05) is 63.2 Å². The molecule has 0 bridgehead atoms. The van der Waals surface area contributed by atoms with Crippen LogP contribution >= 0.6 is 0 Å². The van der Waals surface area contributed by atoms with Gasteiger partial charge in [0.1, 0.15) is 46.0 Å². The molecule has 0 aliphatic carbocycles. The summed E-state index contributed by atoms with van der Waals surface area (Å²) in [4.78, 5) is 55.7. The Morgan fingerprint density at radius 3 is 1.25 bits per heavy atom. The first-order valence-electron chi connectivity index (χ1n) is 18.9. The van der Waals surface area contributed by atoms with Gasteiger partial charge in [-0.25, -0.2) is 0 Å². The minimum Gasteiger partial charge on any atom is -0.457 e. The topological polar surface area (TPSA) is 129 Å². The lowest BCUT2D eigenvalue weighted by Crippen LogP contribution is -2.35. The van der Waals surface area contributed by atoms with Crippen molar-refractivity contribution in [1.29, 1.82) is 0 Å². The van der Waals surface area contributed by atoms with Crippen molar-refractivity contribution in [2.75, 3.05) is 0 Å². The average Bonchev–Trinajstić information content (AvgIpc) is 3.23. The predicted octanol–water partition coefficient (Wildman–Crippen LogP) is 11.0. The molecule has 59 heavy (non-hydrogen) atoms. The number of carbonyl (C=O) groups is 4. The highest BCUT2D eigenvalue weighted by Crippen LogP contribution is 2.56. The van der Waals surface area contributed by atoms with E-state index in [1.165, 1.54) is 0 Å². The standard InChI is InChI=1S/C49H34N2O8/c1-5-15-26(8-4)56-34-22-30-38-32(48(54)50-46(30)52)25-37(59-29-20-13-10-14-21-29)43-41-35(57-27(16-6-2)17-7-3)23-31-39-33(49(55)51-47(31)53)24-36(58-28-18-11-9-12-19-28)42(45(39)41)40(34)44(38)43/h5-25H,2H2,1,3-4H3,(H,50,52,54)(H,51,53,55)/b15-5-,17-7-,26-8+,27-16+. The van der Waals surface area contributed by atoms with Gasteiger partial charge in [0.25, 0.3) is 23.6 Å². The summed E-state index contributed by atoms with van der Waals surface area (Å²) < 4.78 is 26.9. The summed E-state index contributed by atoms with van der Waals surface area (Å²) in [6, 6.07) is 24.5. The van der Waals surface area contributed by atoms with Gasteiger partial charge in [0, 0.05) is 43.1 Å². The molecule has 0 aromatic heterocycles. The molecule has 0 unspecified atom stereocenters. The molecular formula is C49H34N2O8. The molecule has 2 aliphatic rings. The number of hydrogen-bond donors (Lipinski definition) is 2. The maximum atomic E-state index is 13.9. The number of imide groups is 2. The molecule has 2 aliphatic heterocycles. The van der Waals surface area contributed by atoms with Gasteiger partial charge in [-0.3, -0.25) is 29.8 Å². The summed E-state index contributed by atoms with van der Waals surface area (Å²) in [5.74, 6) is 0.231. The second-order valence-corrected chi connectivity index (χ2v) is 13.8. The van der Waals surface area contributed by atoms with Crippen LogP contribution < -0.4 is 29.6 Å². The second kappa shape index (κ2) is 14.5. The molecule has 0 saturated carbocycles. The van der Waals surface area contributed by atoms with E-state index in [9.17, 15) is 19.2 Å². The molecule has 9 rings (SSSR count). The SMILES string of the molecule is C=C/C=C(\C=C/C)Oc1cc2c3c(cc(Oc4ccccc4)c4c5c(OC(/C=C\C)=C/C)cc6c7c(cc(Oc8ccccc8)c(c1c34)c75)C(=O)NC6=O)C(=O)NC2=O. The Morgan fingerprint density at radius 1 is 0.492 bits per heavy atom. The minimum atomic E-state index is -0.623. The molecular weight excluding hydrogens is 745 g/mol. The largest absolute Gasteiger partial charge is 0.457 e. The number of amides is 4. The fourth-order valence-corrected chi connectivity index (χ4v) is 7.92. The van der Waals surface area contributed by atoms with Crippen molar-refractivity contribution in [2.45, 2.75) is 20.8 Å². The van der Waals surface area contributed by atoms with E-state index in [2.05, 4.69) is 17.2 Å². The Morgan fingerprint density at radius 2 is 0.864 bits per heavy atom. The first-order valence-corrected chi connectivity index (χ1v) is 18.9. The highest BCUT2D eigenvalue weighted by atomic mass is 16.5. The van der Waals surface area contributed by atoms with Gasteiger partial charge in [0.15, 0.2) is 0 Å². The first kappa shape index (κ1) is 36.6. The molecule has 2 N–H and O–H groups in total. The van der Waals surface area contributed by atoms with Crippen molar-refractivity contribution in [3.05, 3.63) is 168 Å². The van der Waals surface area contributed by atoms with E-state index in [0.717, 1.165) is 0 Å². The minimum absolute atomic E-state index is 0.180. The molecule has 0 atom stereocenters. The fraction of sp³-hybridized carbons (Fsp3) is 0.0612. The van der Waals surface area contributed by atoms with Gasteiger partial charge in [-0.2, -0.15) is 0 Å². The highest BCUT2D eigenvalue weighted by molar-refractivity contribution is 6.44. The first-order chi connectivity index (χ1) is 28.7. The summed E-state index contributed by atoms with van der Waals surface area (Å²) in [6.45, 7) is 9.39. The molecule has 288 valence electrons. The van der Waals surface area contributed by atoms with Crippen LogP contribution in [-0.4, -0.2) is 23.6 Å². The zero-order valence-electron chi connectivity index (χ0n) is 32.1. The zero-order valence-corrected chi connectivity index (χ0v) is 32.1. The number of allylic oxidation sites excluding steroid dienone is 7. The number of benzene rings is 7. The Hall–Kier alpha value is -7.98. The molecule has 2 heterocycles. The molecule has 7 aromatic carbocycles. The fourth-order valence-electron chi connectivity index (χ4n) is 7.92. The lowest BCUT2D eigenvalue weighted by Gasteiger charge is -2.28. The van der Waals surface area contributed by atoms with E-state index < -0.39 is 23.6 Å². The number of hydrogen-bond acceptors (Lipinski definition) is 8. The Balaban J connectivity index is 1.61. The van der Waals surface area contributed by atoms with Crippen LogP contribution in [0.2, 0.25) is 0 Å². The third kappa shape index (κ3) is 5.97. The van der Waals surface area contributed by atoms with Gasteiger partial charge < -0.3 is 18.9 Å². The number of para-hydroxylation sites is 2. The normalized spacial score (nSPS) is 14.2. The van der Waals surface area contributed by atoms with E-state index >= 15 is 0 Å². The summed E-state index contributed by atoms with van der Waals surface area (Å²) in [5, 5.41) is 8.28. The van der Waals surface area contributed by atoms with Gasteiger partial charge in [-0.1, -0.05) is 61.2 Å². The predicted molar refractivity (Wildman–Crippen MR) is 227 cm³/mol. The molecule has 0 saturated heterocycles. The quantitative estimate of drug-likeness (QED) is 0.0436. The maximum Gasteiger partial charge on any atom is 0.258 e. The van der Waals surface area contributed by atoms with Crippen LogP contribution in [0.4, 0.5) is 0 Å². The van der Waals surface area contributed by atoms with Gasteiger partial charge in [0.05, 0.1) is 22.3 Å². The average molecular weight is 779 g/mol. The second-order valence-electron chi connectivity index (χ2n) is 13.8. The number of carbonyl (C=O) groups excluding carboxylic acids is 4. The molecule has 0 radical (unpaired) electrons. The van der Waals surface area contributed by atoms with E-state index in [-0.39, 0.29) is 45.3 Å². The zero-order chi connectivity index (χ0) is 40.9. The molecule has 10 nitrogen and oxygen atoms in total. The van der Waals surface area contributed by atoms with Crippen LogP contribution in [-0.2, 0) is 0 Å². The van der Waals surface area contributed by atoms with Crippen LogP contribution in [0.3, 0.4) is 0 Å². The van der Waals surface area contributed by atoms with Crippen molar-refractivity contribution in [3.63, 3.8) is 0 Å². The van der Waals surface area contributed by atoms with Gasteiger partial charge in [0.2, 0.25) is 0 Å². The van der Waals surface area contributed by atoms with Crippen LogP contribution in [0.5, 0.6) is 34.5 Å². The molecule has 7 aromatic rings. The van der Waals surface area contributed by atoms with Crippen LogP contribution in [0, 0.1) is 0 Å². The number of fused-ring (bicyclic) bond motifs is 2.